The number of hydrogen-bond acceptors (Lipinski definition) is 3. The van der Waals surface area contributed by atoms with Crippen LogP contribution in [0.15, 0.2) is 12.1 Å². The maximum absolute atomic E-state index is 5.48. The van der Waals surface area contributed by atoms with Crippen LogP contribution < -0.4 is 14.8 Å². The van der Waals surface area contributed by atoms with Gasteiger partial charge >= 0.3 is 0 Å². The number of fused-ring (bicyclic) bond motifs is 3. The minimum Gasteiger partial charge on any atom is -0.493 e. The van der Waals surface area contributed by atoms with Gasteiger partial charge in [0, 0.05) is 12.6 Å². The van der Waals surface area contributed by atoms with E-state index < -0.39 is 0 Å². The molecule has 0 aromatic heterocycles. The Morgan fingerprint density at radius 2 is 1.95 bits per heavy atom. The summed E-state index contributed by atoms with van der Waals surface area (Å²) in [4.78, 5) is 2.30. The minimum atomic E-state index is 0.349. The normalized spacial score (nSPS) is 24.6. The molecular formula is C15H20N2O2S. The van der Waals surface area contributed by atoms with Gasteiger partial charge in [0.15, 0.2) is 16.6 Å². The van der Waals surface area contributed by atoms with Crippen LogP contribution in [0.5, 0.6) is 11.5 Å². The summed E-state index contributed by atoms with van der Waals surface area (Å²) >= 11 is 5.48. The van der Waals surface area contributed by atoms with E-state index in [0.717, 1.165) is 36.0 Å². The van der Waals surface area contributed by atoms with Crippen molar-refractivity contribution in [2.75, 3.05) is 20.8 Å². The van der Waals surface area contributed by atoms with Gasteiger partial charge in [0.05, 0.1) is 20.3 Å². The molecule has 1 aromatic carbocycles. The van der Waals surface area contributed by atoms with Crippen molar-refractivity contribution in [3.63, 3.8) is 0 Å². The van der Waals surface area contributed by atoms with Crippen LogP contribution in [-0.4, -0.2) is 36.8 Å². The van der Waals surface area contributed by atoms with Crippen molar-refractivity contribution < 1.29 is 9.47 Å². The average Bonchev–Trinajstić information content (AvgIpc) is 2.45. The molecule has 1 saturated heterocycles. The summed E-state index contributed by atoms with van der Waals surface area (Å²) in [6.45, 7) is 3.14. The third-order valence-electron chi connectivity index (χ3n) is 4.21. The van der Waals surface area contributed by atoms with Gasteiger partial charge in [-0.3, -0.25) is 0 Å². The molecule has 5 heteroatoms. The number of nitrogens with zero attached hydrogens (tertiary/aromatic N) is 1. The summed E-state index contributed by atoms with van der Waals surface area (Å²) in [5.74, 6) is 1.61. The first-order valence-electron chi connectivity index (χ1n) is 6.96. The predicted molar refractivity (Wildman–Crippen MR) is 82.5 cm³/mol. The van der Waals surface area contributed by atoms with E-state index in [1.54, 1.807) is 14.2 Å². The molecule has 1 fully saturated rings. The fraction of sp³-hybridized carbons (Fsp3) is 0.533. The Morgan fingerprint density at radius 1 is 1.25 bits per heavy atom. The fourth-order valence-corrected chi connectivity index (χ4v) is 3.63. The highest BCUT2D eigenvalue weighted by atomic mass is 32.1. The Kier molecular flexibility index (Phi) is 3.46. The average molecular weight is 292 g/mol. The molecule has 3 rings (SSSR count). The van der Waals surface area contributed by atoms with E-state index in [0.29, 0.717) is 12.1 Å². The van der Waals surface area contributed by atoms with E-state index in [-0.39, 0.29) is 0 Å². The first-order chi connectivity index (χ1) is 9.63. The molecule has 4 nitrogen and oxygen atoms in total. The molecule has 0 unspecified atom stereocenters. The highest BCUT2D eigenvalue weighted by Gasteiger charge is 2.35. The van der Waals surface area contributed by atoms with E-state index in [2.05, 4.69) is 29.3 Å². The fourth-order valence-electron chi connectivity index (χ4n) is 3.21. The third-order valence-corrected chi connectivity index (χ3v) is 4.56. The molecule has 0 amide bonds. The Balaban J connectivity index is 2.04. The first kappa shape index (κ1) is 13.5. The van der Waals surface area contributed by atoms with Crippen LogP contribution in [0.4, 0.5) is 0 Å². The zero-order valence-corrected chi connectivity index (χ0v) is 12.9. The van der Waals surface area contributed by atoms with E-state index in [1.807, 2.05) is 0 Å². The second-order valence-corrected chi connectivity index (χ2v) is 5.84. The van der Waals surface area contributed by atoms with Crippen molar-refractivity contribution in [1.82, 2.24) is 10.2 Å². The predicted octanol–water partition coefficient (Wildman–Crippen LogP) is 2.27. The van der Waals surface area contributed by atoms with Crippen LogP contribution in [0.25, 0.3) is 0 Å². The van der Waals surface area contributed by atoms with Crippen molar-refractivity contribution in [2.45, 2.75) is 31.8 Å². The zero-order chi connectivity index (χ0) is 14.3. The molecule has 2 aliphatic heterocycles. The molecule has 0 bridgehead atoms. The standard InChI is InChI=1S/C15H20N2O2S/c1-9-6-12-11-8-14(19-3)13(18-2)7-10(11)4-5-17(12)15(20)16-9/h7-9,12H,4-6H2,1-3H3,(H,16,20)/t9-,12-/m0/s1. The summed E-state index contributed by atoms with van der Waals surface area (Å²) in [5.41, 5.74) is 2.67. The summed E-state index contributed by atoms with van der Waals surface area (Å²) in [6, 6.07) is 4.98. The van der Waals surface area contributed by atoms with Crippen LogP contribution in [0.3, 0.4) is 0 Å². The lowest BCUT2D eigenvalue weighted by molar-refractivity contribution is 0.232. The third kappa shape index (κ3) is 2.10. The minimum absolute atomic E-state index is 0.349. The van der Waals surface area contributed by atoms with Gasteiger partial charge in [-0.2, -0.15) is 0 Å². The lowest BCUT2D eigenvalue weighted by Crippen LogP contribution is -2.54. The highest BCUT2D eigenvalue weighted by molar-refractivity contribution is 7.80. The Bertz CT molecular complexity index is 547. The molecule has 2 aliphatic rings. The van der Waals surface area contributed by atoms with Crippen LogP contribution in [0.1, 0.15) is 30.5 Å². The van der Waals surface area contributed by atoms with Crippen molar-refractivity contribution in [2.24, 2.45) is 0 Å². The maximum Gasteiger partial charge on any atom is 0.169 e. The highest BCUT2D eigenvalue weighted by Crippen LogP contribution is 2.40. The van der Waals surface area contributed by atoms with Gasteiger partial charge in [0.1, 0.15) is 0 Å². The van der Waals surface area contributed by atoms with E-state index in [9.17, 15) is 0 Å². The van der Waals surface area contributed by atoms with Crippen molar-refractivity contribution >= 4 is 17.3 Å². The molecule has 2 heterocycles. The number of benzene rings is 1. The number of methoxy groups -OCH3 is 2. The van der Waals surface area contributed by atoms with Gasteiger partial charge in [-0.1, -0.05) is 0 Å². The Morgan fingerprint density at radius 3 is 2.65 bits per heavy atom. The second-order valence-electron chi connectivity index (χ2n) is 5.45. The van der Waals surface area contributed by atoms with E-state index >= 15 is 0 Å². The van der Waals surface area contributed by atoms with Crippen LogP contribution >= 0.6 is 12.2 Å². The number of ether oxygens (including phenoxy) is 2. The molecule has 1 aromatic rings. The van der Waals surface area contributed by atoms with Gasteiger partial charge < -0.3 is 19.7 Å². The molecule has 0 aliphatic carbocycles. The van der Waals surface area contributed by atoms with Crippen molar-refractivity contribution in [1.29, 1.82) is 0 Å². The SMILES string of the molecule is COc1cc2c(cc1OC)[C@@H]1C[C@H](C)NC(=S)N1CC2. The molecule has 2 atom stereocenters. The van der Waals surface area contributed by atoms with Crippen LogP contribution in [0.2, 0.25) is 0 Å². The molecule has 0 radical (unpaired) electrons. The molecule has 0 spiro atoms. The van der Waals surface area contributed by atoms with Gasteiger partial charge in [-0.15, -0.1) is 0 Å². The van der Waals surface area contributed by atoms with E-state index in [1.165, 1.54) is 11.1 Å². The Labute approximate surface area is 125 Å². The summed E-state index contributed by atoms with van der Waals surface area (Å²) in [6.07, 6.45) is 2.05. The monoisotopic (exact) mass is 292 g/mol. The zero-order valence-electron chi connectivity index (χ0n) is 12.1. The lowest BCUT2D eigenvalue weighted by Gasteiger charge is -2.45. The molecular weight excluding hydrogens is 272 g/mol. The van der Waals surface area contributed by atoms with Crippen molar-refractivity contribution in [3.05, 3.63) is 23.3 Å². The van der Waals surface area contributed by atoms with Crippen LogP contribution in [0, 0.1) is 0 Å². The number of nitrogens with one attached hydrogen (secondary N) is 1. The smallest absolute Gasteiger partial charge is 0.169 e. The largest absolute Gasteiger partial charge is 0.493 e. The Hall–Kier alpha value is -1.49. The first-order valence-corrected chi connectivity index (χ1v) is 7.36. The summed E-state index contributed by atoms with van der Waals surface area (Å²) in [5, 5.41) is 4.23. The molecule has 108 valence electrons. The number of rotatable bonds is 2. The van der Waals surface area contributed by atoms with Gasteiger partial charge in [0.25, 0.3) is 0 Å². The maximum atomic E-state index is 5.48. The molecule has 0 saturated carbocycles. The summed E-state index contributed by atoms with van der Waals surface area (Å²) < 4.78 is 10.8. The van der Waals surface area contributed by atoms with E-state index in [4.69, 9.17) is 21.7 Å². The van der Waals surface area contributed by atoms with Crippen LogP contribution in [-0.2, 0) is 6.42 Å². The lowest BCUT2D eigenvalue weighted by atomic mass is 9.87. The number of hydrogen-bond donors (Lipinski definition) is 1. The van der Waals surface area contributed by atoms with Gasteiger partial charge in [-0.25, -0.2) is 0 Å². The summed E-state index contributed by atoms with van der Waals surface area (Å²) in [7, 11) is 3.36. The topological polar surface area (TPSA) is 33.7 Å². The molecule has 20 heavy (non-hydrogen) atoms. The number of thiocarbonyl (C=S) groups is 1. The second kappa shape index (κ2) is 5.13. The van der Waals surface area contributed by atoms with Crippen molar-refractivity contribution in [3.8, 4) is 11.5 Å². The van der Waals surface area contributed by atoms with Gasteiger partial charge in [0.2, 0.25) is 0 Å². The molecule has 1 N–H and O–H groups in total. The van der Waals surface area contributed by atoms with Gasteiger partial charge in [-0.05, 0) is 55.2 Å². The quantitative estimate of drug-likeness (QED) is 0.846.